The molecule has 0 spiro atoms. The van der Waals surface area contributed by atoms with Gasteiger partial charge < -0.3 is 9.64 Å². The second kappa shape index (κ2) is 9.06. The molecule has 1 aliphatic rings. The number of benzene rings is 3. The summed E-state index contributed by atoms with van der Waals surface area (Å²) in [6.07, 6.45) is 0. The zero-order valence-corrected chi connectivity index (χ0v) is 17.9. The number of likely N-dealkylation sites (N-methyl/N-ethyl adjacent to an activating group) is 1. The van der Waals surface area contributed by atoms with Crippen LogP contribution in [-0.4, -0.2) is 35.8 Å². The van der Waals surface area contributed by atoms with Gasteiger partial charge in [0.05, 0.1) is 19.2 Å². The lowest BCUT2D eigenvalue weighted by molar-refractivity contribution is -0.138. The van der Waals surface area contributed by atoms with Crippen molar-refractivity contribution in [1.29, 1.82) is 0 Å². The van der Waals surface area contributed by atoms with Crippen LogP contribution in [0.5, 0.6) is 5.75 Å². The summed E-state index contributed by atoms with van der Waals surface area (Å²) in [5.41, 5.74) is 2.49. The summed E-state index contributed by atoms with van der Waals surface area (Å²) in [6.45, 7) is 0.315. The monoisotopic (exact) mass is 430 g/mol. The average molecular weight is 430 g/mol. The Morgan fingerprint density at radius 1 is 0.875 bits per heavy atom. The lowest BCUT2D eigenvalue weighted by atomic mass is 10.0. The zero-order valence-electron chi connectivity index (χ0n) is 17.9. The van der Waals surface area contributed by atoms with E-state index >= 15 is 0 Å². The standard InChI is InChI=1S/C26H23FN2O3/c1-28(16-18-8-4-3-5-9-18)24-23(19-12-14-21(32-2)15-13-19)25(30)29(26(24)31)17-20-10-6-7-11-22(20)27/h3-15H,16-17H2,1-2H3. The third-order valence-electron chi connectivity index (χ3n) is 5.45. The summed E-state index contributed by atoms with van der Waals surface area (Å²) in [6, 6.07) is 22.8. The largest absolute Gasteiger partial charge is 0.497 e. The molecule has 1 heterocycles. The van der Waals surface area contributed by atoms with Crippen LogP contribution in [0.4, 0.5) is 4.39 Å². The minimum Gasteiger partial charge on any atom is -0.497 e. The van der Waals surface area contributed by atoms with Gasteiger partial charge in [0.1, 0.15) is 17.3 Å². The molecule has 0 unspecified atom stereocenters. The smallest absolute Gasteiger partial charge is 0.278 e. The normalized spacial score (nSPS) is 13.7. The van der Waals surface area contributed by atoms with Crippen LogP contribution in [0.15, 0.2) is 84.6 Å². The van der Waals surface area contributed by atoms with Gasteiger partial charge in [0, 0.05) is 19.2 Å². The Kier molecular flexibility index (Phi) is 6.03. The molecule has 5 nitrogen and oxygen atoms in total. The number of hydrogen-bond donors (Lipinski definition) is 0. The Labute approximate surface area is 186 Å². The molecule has 0 fully saturated rings. The molecular weight excluding hydrogens is 407 g/mol. The van der Waals surface area contributed by atoms with Crippen LogP contribution in [-0.2, 0) is 22.7 Å². The van der Waals surface area contributed by atoms with Crippen LogP contribution in [0.1, 0.15) is 16.7 Å². The maximum atomic E-state index is 14.3. The Bertz CT molecular complexity index is 1170. The first-order valence-corrected chi connectivity index (χ1v) is 10.2. The molecule has 3 aromatic rings. The first-order chi connectivity index (χ1) is 15.5. The molecule has 6 heteroatoms. The minimum atomic E-state index is -0.454. The van der Waals surface area contributed by atoms with Gasteiger partial charge in [-0.05, 0) is 29.3 Å². The van der Waals surface area contributed by atoms with E-state index in [4.69, 9.17) is 4.74 Å². The van der Waals surface area contributed by atoms with Crippen LogP contribution in [0, 0.1) is 5.82 Å². The van der Waals surface area contributed by atoms with E-state index in [9.17, 15) is 14.0 Å². The van der Waals surface area contributed by atoms with Crippen molar-refractivity contribution in [3.05, 3.63) is 107 Å². The fraction of sp³-hybridized carbons (Fsp3) is 0.154. The molecule has 32 heavy (non-hydrogen) atoms. The lowest BCUT2D eigenvalue weighted by Gasteiger charge is -2.21. The van der Waals surface area contributed by atoms with Crippen LogP contribution >= 0.6 is 0 Å². The van der Waals surface area contributed by atoms with Gasteiger partial charge in [-0.1, -0.05) is 60.7 Å². The van der Waals surface area contributed by atoms with Crippen molar-refractivity contribution in [2.75, 3.05) is 14.2 Å². The Morgan fingerprint density at radius 3 is 2.19 bits per heavy atom. The summed E-state index contributed by atoms with van der Waals surface area (Å²) in [7, 11) is 3.34. The van der Waals surface area contributed by atoms with Gasteiger partial charge in [-0.25, -0.2) is 4.39 Å². The number of ether oxygens (including phenoxy) is 1. The van der Waals surface area contributed by atoms with E-state index in [0.29, 0.717) is 29.1 Å². The maximum Gasteiger partial charge on any atom is 0.278 e. The SMILES string of the molecule is COc1ccc(C2=C(N(C)Cc3ccccc3)C(=O)N(Cc3ccccc3F)C2=O)cc1. The molecule has 0 atom stereocenters. The van der Waals surface area contributed by atoms with Gasteiger partial charge in [0.15, 0.2) is 0 Å². The van der Waals surface area contributed by atoms with Gasteiger partial charge in [0.25, 0.3) is 11.8 Å². The Hall–Kier alpha value is -3.93. The van der Waals surface area contributed by atoms with Crippen LogP contribution < -0.4 is 4.74 Å². The number of halogens is 1. The molecule has 162 valence electrons. The molecule has 2 amide bonds. The van der Waals surface area contributed by atoms with Crippen LogP contribution in [0.3, 0.4) is 0 Å². The van der Waals surface area contributed by atoms with E-state index in [1.807, 2.05) is 30.3 Å². The number of nitrogens with zero attached hydrogens (tertiary/aromatic N) is 2. The van der Waals surface area contributed by atoms with Crippen LogP contribution in [0.25, 0.3) is 5.57 Å². The summed E-state index contributed by atoms with van der Waals surface area (Å²) < 4.78 is 19.5. The van der Waals surface area contributed by atoms with Gasteiger partial charge in [-0.2, -0.15) is 0 Å². The highest BCUT2D eigenvalue weighted by atomic mass is 19.1. The number of carbonyl (C=O) groups excluding carboxylic acids is 2. The fourth-order valence-corrected chi connectivity index (χ4v) is 3.81. The molecule has 0 bridgehead atoms. The van der Waals surface area contributed by atoms with Gasteiger partial charge >= 0.3 is 0 Å². The molecule has 0 aromatic heterocycles. The molecule has 0 N–H and O–H groups in total. The predicted octanol–water partition coefficient (Wildman–Crippen LogP) is 4.25. The molecular formula is C26H23FN2O3. The molecule has 4 rings (SSSR count). The van der Waals surface area contributed by atoms with E-state index in [2.05, 4.69) is 0 Å². The number of carbonyl (C=O) groups is 2. The summed E-state index contributed by atoms with van der Waals surface area (Å²) in [5, 5.41) is 0. The Morgan fingerprint density at radius 2 is 1.53 bits per heavy atom. The predicted molar refractivity (Wildman–Crippen MR) is 120 cm³/mol. The third kappa shape index (κ3) is 4.12. The number of rotatable bonds is 7. The summed E-state index contributed by atoms with van der Waals surface area (Å²) in [5.74, 6) is -0.695. The number of imide groups is 1. The van der Waals surface area contributed by atoms with Crippen molar-refractivity contribution in [1.82, 2.24) is 9.80 Å². The van der Waals surface area contributed by atoms with Gasteiger partial charge in [-0.15, -0.1) is 0 Å². The second-order valence-electron chi connectivity index (χ2n) is 7.58. The first kappa shape index (κ1) is 21.3. The third-order valence-corrected chi connectivity index (χ3v) is 5.45. The first-order valence-electron chi connectivity index (χ1n) is 10.2. The highest BCUT2D eigenvalue weighted by molar-refractivity contribution is 6.35. The van der Waals surface area contributed by atoms with Crippen molar-refractivity contribution in [2.24, 2.45) is 0 Å². The summed E-state index contributed by atoms with van der Waals surface area (Å²) >= 11 is 0. The minimum absolute atomic E-state index is 0.132. The number of hydrogen-bond acceptors (Lipinski definition) is 4. The molecule has 3 aromatic carbocycles. The van der Waals surface area contributed by atoms with E-state index in [-0.39, 0.29) is 12.1 Å². The van der Waals surface area contributed by atoms with Crippen molar-refractivity contribution in [2.45, 2.75) is 13.1 Å². The molecule has 0 saturated carbocycles. The average Bonchev–Trinajstić information content (AvgIpc) is 3.06. The Balaban J connectivity index is 1.73. The number of methoxy groups -OCH3 is 1. The van der Waals surface area contributed by atoms with Crippen LogP contribution in [0.2, 0.25) is 0 Å². The van der Waals surface area contributed by atoms with Crippen molar-refractivity contribution in [3.8, 4) is 5.75 Å². The summed E-state index contributed by atoms with van der Waals surface area (Å²) in [4.78, 5) is 29.7. The van der Waals surface area contributed by atoms with Crippen molar-refractivity contribution in [3.63, 3.8) is 0 Å². The highest BCUT2D eigenvalue weighted by Gasteiger charge is 2.41. The molecule has 0 saturated heterocycles. The van der Waals surface area contributed by atoms with Gasteiger partial charge in [-0.3, -0.25) is 14.5 Å². The van der Waals surface area contributed by atoms with E-state index in [0.717, 1.165) is 10.5 Å². The topological polar surface area (TPSA) is 49.9 Å². The van der Waals surface area contributed by atoms with Gasteiger partial charge in [0.2, 0.25) is 0 Å². The lowest BCUT2D eigenvalue weighted by Crippen LogP contribution is -2.34. The maximum absolute atomic E-state index is 14.3. The van der Waals surface area contributed by atoms with Crippen molar-refractivity contribution >= 4 is 17.4 Å². The molecule has 0 radical (unpaired) electrons. The number of amides is 2. The van der Waals surface area contributed by atoms with E-state index < -0.39 is 17.6 Å². The zero-order chi connectivity index (χ0) is 22.7. The quantitative estimate of drug-likeness (QED) is 0.526. The molecule has 1 aliphatic heterocycles. The highest BCUT2D eigenvalue weighted by Crippen LogP contribution is 2.33. The van der Waals surface area contributed by atoms with E-state index in [1.54, 1.807) is 61.5 Å². The van der Waals surface area contributed by atoms with Crippen molar-refractivity contribution < 1.29 is 18.7 Å². The fourth-order valence-electron chi connectivity index (χ4n) is 3.81. The second-order valence-corrected chi connectivity index (χ2v) is 7.58. The van der Waals surface area contributed by atoms with E-state index in [1.165, 1.54) is 6.07 Å². The molecule has 0 aliphatic carbocycles.